The van der Waals surface area contributed by atoms with E-state index in [9.17, 15) is 19.7 Å². The molecule has 2 rings (SSSR count). The first-order chi connectivity index (χ1) is 11.5. The average Bonchev–Trinajstić information content (AvgIpc) is 2.60. The van der Waals surface area contributed by atoms with Gasteiger partial charge in [-0.3, -0.25) is 19.7 Å². The SMILES string of the molecule is CCCNC(=O)c1ccccc1NC(=O)c1ccccc1[N+](=O)[O-]. The fraction of sp³-hybridized carbons (Fsp3) is 0.176. The van der Waals surface area contributed by atoms with E-state index in [2.05, 4.69) is 10.6 Å². The molecule has 0 aliphatic carbocycles. The second-order valence-electron chi connectivity index (χ2n) is 5.03. The standard InChI is InChI=1S/C17H17N3O4/c1-2-11-18-16(21)12-7-3-5-9-14(12)19-17(22)13-8-4-6-10-15(13)20(23)24/h3-10H,2,11H2,1H3,(H,18,21)(H,19,22). The molecule has 2 amide bonds. The summed E-state index contributed by atoms with van der Waals surface area (Å²) in [7, 11) is 0. The molecule has 2 aromatic carbocycles. The Bertz CT molecular complexity index is 774. The third kappa shape index (κ3) is 3.95. The number of anilines is 1. The second kappa shape index (κ2) is 7.87. The van der Waals surface area contributed by atoms with E-state index in [1.54, 1.807) is 30.3 Å². The number of nitrogens with one attached hydrogen (secondary N) is 2. The second-order valence-corrected chi connectivity index (χ2v) is 5.03. The molecular weight excluding hydrogens is 310 g/mol. The summed E-state index contributed by atoms with van der Waals surface area (Å²) in [5.41, 5.74) is 0.251. The van der Waals surface area contributed by atoms with Gasteiger partial charge in [-0.05, 0) is 24.6 Å². The van der Waals surface area contributed by atoms with E-state index >= 15 is 0 Å². The lowest BCUT2D eigenvalue weighted by Gasteiger charge is -2.11. The van der Waals surface area contributed by atoms with Crippen LogP contribution in [-0.2, 0) is 0 Å². The van der Waals surface area contributed by atoms with Crippen LogP contribution in [0.4, 0.5) is 11.4 Å². The largest absolute Gasteiger partial charge is 0.352 e. The highest BCUT2D eigenvalue weighted by atomic mass is 16.6. The van der Waals surface area contributed by atoms with Crippen molar-refractivity contribution in [3.63, 3.8) is 0 Å². The zero-order chi connectivity index (χ0) is 17.5. The van der Waals surface area contributed by atoms with Crippen LogP contribution in [0.15, 0.2) is 48.5 Å². The van der Waals surface area contributed by atoms with Gasteiger partial charge in [0.25, 0.3) is 17.5 Å². The smallest absolute Gasteiger partial charge is 0.282 e. The highest BCUT2D eigenvalue weighted by molar-refractivity contribution is 6.10. The van der Waals surface area contributed by atoms with Crippen molar-refractivity contribution in [3.8, 4) is 0 Å². The van der Waals surface area contributed by atoms with Crippen molar-refractivity contribution in [3.05, 3.63) is 69.8 Å². The molecule has 7 nitrogen and oxygen atoms in total. The third-order valence-electron chi connectivity index (χ3n) is 3.30. The van der Waals surface area contributed by atoms with Gasteiger partial charge in [-0.15, -0.1) is 0 Å². The number of nitro benzene ring substituents is 1. The molecule has 2 aromatic rings. The number of hydrogen-bond acceptors (Lipinski definition) is 4. The summed E-state index contributed by atoms with van der Waals surface area (Å²) in [6, 6.07) is 12.2. The topological polar surface area (TPSA) is 101 Å². The minimum absolute atomic E-state index is 0.0636. The number of carbonyl (C=O) groups is 2. The Morgan fingerprint density at radius 3 is 2.29 bits per heavy atom. The van der Waals surface area contributed by atoms with Gasteiger partial charge in [0.05, 0.1) is 16.2 Å². The molecule has 0 atom stereocenters. The minimum atomic E-state index is -0.641. The molecular formula is C17H17N3O4. The molecule has 0 aliphatic heterocycles. The summed E-state index contributed by atoms with van der Waals surface area (Å²) in [4.78, 5) is 34.9. The van der Waals surface area contributed by atoms with Crippen molar-refractivity contribution in [1.82, 2.24) is 5.32 Å². The molecule has 0 aromatic heterocycles. The number of rotatable bonds is 6. The Hall–Kier alpha value is -3.22. The van der Waals surface area contributed by atoms with Crippen LogP contribution in [0.2, 0.25) is 0 Å². The van der Waals surface area contributed by atoms with Gasteiger partial charge in [0.1, 0.15) is 5.56 Å². The summed E-state index contributed by atoms with van der Waals surface area (Å²) < 4.78 is 0. The van der Waals surface area contributed by atoms with Crippen molar-refractivity contribution in [2.24, 2.45) is 0 Å². The maximum absolute atomic E-state index is 12.4. The van der Waals surface area contributed by atoms with Gasteiger partial charge < -0.3 is 10.6 Å². The number of amides is 2. The molecule has 0 aliphatic rings. The lowest BCUT2D eigenvalue weighted by Crippen LogP contribution is -2.26. The van der Waals surface area contributed by atoms with Crippen LogP contribution < -0.4 is 10.6 Å². The lowest BCUT2D eigenvalue weighted by atomic mass is 10.1. The van der Waals surface area contributed by atoms with Crippen LogP contribution in [0.5, 0.6) is 0 Å². The Morgan fingerprint density at radius 1 is 1.00 bits per heavy atom. The highest BCUT2D eigenvalue weighted by Crippen LogP contribution is 2.21. The number of para-hydroxylation sites is 2. The van der Waals surface area contributed by atoms with Gasteiger partial charge >= 0.3 is 0 Å². The molecule has 124 valence electrons. The van der Waals surface area contributed by atoms with Gasteiger partial charge in [0, 0.05) is 12.6 Å². The zero-order valence-electron chi connectivity index (χ0n) is 13.1. The fourth-order valence-corrected chi connectivity index (χ4v) is 2.14. The predicted octanol–water partition coefficient (Wildman–Crippen LogP) is 2.99. The van der Waals surface area contributed by atoms with E-state index in [4.69, 9.17) is 0 Å². The highest BCUT2D eigenvalue weighted by Gasteiger charge is 2.20. The number of benzene rings is 2. The maximum atomic E-state index is 12.4. The van der Waals surface area contributed by atoms with Crippen molar-refractivity contribution >= 4 is 23.2 Å². The minimum Gasteiger partial charge on any atom is -0.352 e. The van der Waals surface area contributed by atoms with E-state index in [-0.39, 0.29) is 17.2 Å². The maximum Gasteiger partial charge on any atom is 0.282 e. The molecule has 0 spiro atoms. The van der Waals surface area contributed by atoms with Crippen LogP contribution in [-0.4, -0.2) is 23.3 Å². The van der Waals surface area contributed by atoms with E-state index in [1.807, 2.05) is 6.92 Å². The average molecular weight is 327 g/mol. The van der Waals surface area contributed by atoms with E-state index < -0.39 is 10.8 Å². The van der Waals surface area contributed by atoms with Crippen molar-refractivity contribution < 1.29 is 14.5 Å². The Balaban J connectivity index is 2.27. The van der Waals surface area contributed by atoms with Crippen LogP contribution >= 0.6 is 0 Å². The molecule has 24 heavy (non-hydrogen) atoms. The molecule has 0 saturated heterocycles. The summed E-state index contributed by atoms with van der Waals surface area (Å²) in [6.07, 6.45) is 0.788. The Morgan fingerprint density at radius 2 is 1.62 bits per heavy atom. The first kappa shape index (κ1) is 17.1. The van der Waals surface area contributed by atoms with Gasteiger partial charge in [-0.2, -0.15) is 0 Å². The summed E-state index contributed by atoms with van der Waals surface area (Å²) in [6.45, 7) is 2.45. The number of carbonyl (C=O) groups excluding carboxylic acids is 2. The molecule has 7 heteroatoms. The number of nitrogens with zero attached hydrogens (tertiary/aromatic N) is 1. The molecule has 0 saturated carbocycles. The van der Waals surface area contributed by atoms with Crippen molar-refractivity contribution in [2.45, 2.75) is 13.3 Å². The molecule has 0 bridgehead atoms. The van der Waals surface area contributed by atoms with Crippen LogP contribution in [0, 0.1) is 10.1 Å². The summed E-state index contributed by atoms with van der Waals surface area (Å²) >= 11 is 0. The van der Waals surface area contributed by atoms with Crippen LogP contribution in [0.1, 0.15) is 34.1 Å². The quantitative estimate of drug-likeness (QED) is 0.629. The number of hydrogen-bond donors (Lipinski definition) is 2. The molecule has 0 unspecified atom stereocenters. The Labute approximate surface area is 138 Å². The third-order valence-corrected chi connectivity index (χ3v) is 3.30. The van der Waals surface area contributed by atoms with Crippen molar-refractivity contribution in [2.75, 3.05) is 11.9 Å². The van der Waals surface area contributed by atoms with E-state index in [1.165, 1.54) is 18.2 Å². The predicted molar refractivity (Wildman–Crippen MR) is 90.1 cm³/mol. The Kier molecular flexibility index (Phi) is 5.62. The first-order valence-electron chi connectivity index (χ1n) is 7.46. The summed E-state index contributed by atoms with van der Waals surface area (Å²) in [5.74, 6) is -0.951. The van der Waals surface area contributed by atoms with Gasteiger partial charge in [0.15, 0.2) is 0 Å². The van der Waals surface area contributed by atoms with E-state index in [0.29, 0.717) is 17.8 Å². The molecule has 0 heterocycles. The normalized spacial score (nSPS) is 10.0. The molecule has 0 radical (unpaired) electrons. The molecule has 0 fully saturated rings. The fourth-order valence-electron chi connectivity index (χ4n) is 2.14. The van der Waals surface area contributed by atoms with Gasteiger partial charge in [-0.25, -0.2) is 0 Å². The molecule has 2 N–H and O–H groups in total. The monoisotopic (exact) mass is 327 g/mol. The summed E-state index contributed by atoms with van der Waals surface area (Å²) in [5, 5.41) is 16.3. The first-order valence-corrected chi connectivity index (χ1v) is 7.46. The lowest BCUT2D eigenvalue weighted by molar-refractivity contribution is -0.385. The number of nitro groups is 1. The van der Waals surface area contributed by atoms with Crippen LogP contribution in [0.3, 0.4) is 0 Å². The van der Waals surface area contributed by atoms with Gasteiger partial charge in [0.2, 0.25) is 0 Å². The van der Waals surface area contributed by atoms with Crippen molar-refractivity contribution in [1.29, 1.82) is 0 Å². The van der Waals surface area contributed by atoms with E-state index in [0.717, 1.165) is 6.42 Å². The van der Waals surface area contributed by atoms with Crippen LogP contribution in [0.25, 0.3) is 0 Å². The van der Waals surface area contributed by atoms with Gasteiger partial charge in [-0.1, -0.05) is 31.2 Å². The zero-order valence-corrected chi connectivity index (χ0v) is 13.1.